The molecular weight excluding hydrogens is 482 g/mol. The van der Waals surface area contributed by atoms with Gasteiger partial charge in [-0.25, -0.2) is 8.42 Å². The van der Waals surface area contributed by atoms with E-state index in [2.05, 4.69) is 4.72 Å². The molecule has 1 heterocycles. The molecule has 0 aliphatic heterocycles. The predicted octanol–water partition coefficient (Wildman–Crippen LogP) is 5.07. The molecule has 0 unspecified atom stereocenters. The third kappa shape index (κ3) is 5.53. The number of carboxylic acids is 1. The van der Waals surface area contributed by atoms with Crippen LogP contribution in [0.1, 0.15) is 19.6 Å². The Morgan fingerprint density at radius 3 is 2.31 bits per heavy atom. The van der Waals surface area contributed by atoms with Crippen LogP contribution in [-0.2, 0) is 21.4 Å². The van der Waals surface area contributed by atoms with E-state index in [-0.39, 0.29) is 11.5 Å². The summed E-state index contributed by atoms with van der Waals surface area (Å²) in [6, 6.07) is 20.1. The second kappa shape index (κ2) is 10.4. The van der Waals surface area contributed by atoms with Gasteiger partial charge in [0.15, 0.2) is 11.5 Å². The molecule has 1 atom stereocenters. The molecule has 2 N–H and O–H groups in total. The van der Waals surface area contributed by atoms with Crippen molar-refractivity contribution in [2.24, 2.45) is 5.92 Å². The summed E-state index contributed by atoms with van der Waals surface area (Å²) in [5, 5.41) is 10.3. The molecule has 4 rings (SSSR count). The maximum Gasteiger partial charge on any atom is 0.322 e. The summed E-state index contributed by atoms with van der Waals surface area (Å²) >= 11 is 0. The fourth-order valence-electron chi connectivity index (χ4n) is 3.76. The minimum atomic E-state index is -4.00. The van der Waals surface area contributed by atoms with E-state index in [0.717, 1.165) is 22.1 Å². The zero-order valence-corrected chi connectivity index (χ0v) is 20.9. The number of carbonyl (C=O) groups is 1. The van der Waals surface area contributed by atoms with Crippen LogP contribution in [0.25, 0.3) is 22.1 Å². The van der Waals surface area contributed by atoms with Crippen molar-refractivity contribution in [2.45, 2.75) is 31.4 Å². The molecule has 36 heavy (non-hydrogen) atoms. The summed E-state index contributed by atoms with van der Waals surface area (Å²) in [5.41, 5.74) is 2.35. The van der Waals surface area contributed by atoms with Gasteiger partial charge in [0.05, 0.1) is 12.0 Å². The Balaban J connectivity index is 1.49. The van der Waals surface area contributed by atoms with Crippen LogP contribution in [0.5, 0.6) is 11.5 Å². The molecule has 0 amide bonds. The van der Waals surface area contributed by atoms with E-state index in [1.54, 1.807) is 45.2 Å². The molecule has 4 aromatic rings. The number of hydrogen-bond acceptors (Lipinski definition) is 6. The Hall–Kier alpha value is -3.82. The van der Waals surface area contributed by atoms with E-state index in [9.17, 15) is 18.3 Å². The molecule has 0 saturated heterocycles. The predicted molar refractivity (Wildman–Crippen MR) is 136 cm³/mol. The van der Waals surface area contributed by atoms with Gasteiger partial charge in [0.1, 0.15) is 24.0 Å². The number of furan rings is 1. The van der Waals surface area contributed by atoms with Crippen molar-refractivity contribution in [2.75, 3.05) is 7.11 Å². The van der Waals surface area contributed by atoms with E-state index in [1.165, 1.54) is 12.1 Å². The van der Waals surface area contributed by atoms with Crippen molar-refractivity contribution >= 4 is 27.0 Å². The normalized spacial score (nSPS) is 12.6. The van der Waals surface area contributed by atoms with Crippen molar-refractivity contribution in [3.05, 3.63) is 78.6 Å². The number of aliphatic carboxylic acids is 1. The minimum absolute atomic E-state index is 0.0177. The summed E-state index contributed by atoms with van der Waals surface area (Å²) in [7, 11) is -2.45. The van der Waals surface area contributed by atoms with Gasteiger partial charge in [-0.2, -0.15) is 4.72 Å². The lowest BCUT2D eigenvalue weighted by atomic mass is 10.1. The highest BCUT2D eigenvalue weighted by Crippen LogP contribution is 2.34. The van der Waals surface area contributed by atoms with Crippen LogP contribution in [0.3, 0.4) is 0 Å². The van der Waals surface area contributed by atoms with Crippen LogP contribution in [0.4, 0.5) is 0 Å². The first-order valence-electron chi connectivity index (χ1n) is 11.3. The third-order valence-corrected chi connectivity index (χ3v) is 7.18. The van der Waals surface area contributed by atoms with Gasteiger partial charge in [-0.15, -0.1) is 0 Å². The quantitative estimate of drug-likeness (QED) is 0.306. The maximum absolute atomic E-state index is 12.7. The molecule has 0 fully saturated rings. The molecule has 0 aliphatic carbocycles. The Kier molecular flexibility index (Phi) is 7.32. The summed E-state index contributed by atoms with van der Waals surface area (Å²) in [6.45, 7) is 3.52. The zero-order valence-electron chi connectivity index (χ0n) is 20.1. The first-order chi connectivity index (χ1) is 17.2. The van der Waals surface area contributed by atoms with E-state index < -0.39 is 28.0 Å². The maximum atomic E-state index is 12.7. The number of ether oxygens (including phenoxy) is 2. The second-order valence-electron chi connectivity index (χ2n) is 8.61. The molecule has 0 bridgehead atoms. The topological polar surface area (TPSA) is 115 Å². The lowest BCUT2D eigenvalue weighted by Crippen LogP contribution is -2.44. The van der Waals surface area contributed by atoms with Crippen LogP contribution in [0.15, 0.2) is 82.1 Å². The van der Waals surface area contributed by atoms with Gasteiger partial charge < -0.3 is 19.0 Å². The minimum Gasteiger partial charge on any atom is -0.493 e. The average molecular weight is 510 g/mol. The smallest absolute Gasteiger partial charge is 0.322 e. The van der Waals surface area contributed by atoms with Crippen LogP contribution in [-0.4, -0.2) is 32.6 Å². The number of hydrogen-bond donors (Lipinski definition) is 2. The van der Waals surface area contributed by atoms with Crippen molar-refractivity contribution in [1.29, 1.82) is 0 Å². The number of fused-ring (bicyclic) bond motifs is 1. The summed E-state index contributed by atoms with van der Waals surface area (Å²) in [5.74, 6) is 0.119. The van der Waals surface area contributed by atoms with E-state index >= 15 is 0 Å². The van der Waals surface area contributed by atoms with E-state index in [1.807, 2.05) is 36.4 Å². The fourth-order valence-corrected chi connectivity index (χ4v) is 5.09. The zero-order chi connectivity index (χ0) is 25.9. The Labute approximate surface area is 209 Å². The average Bonchev–Trinajstić information content (AvgIpc) is 3.29. The molecule has 0 radical (unpaired) electrons. The van der Waals surface area contributed by atoms with Gasteiger partial charge in [-0.3, -0.25) is 4.79 Å². The molecule has 9 heteroatoms. The number of nitrogens with one attached hydrogen (secondary N) is 1. The van der Waals surface area contributed by atoms with Crippen molar-refractivity contribution < 1.29 is 32.2 Å². The highest BCUT2D eigenvalue weighted by atomic mass is 32.2. The summed E-state index contributed by atoms with van der Waals surface area (Å²) < 4.78 is 44.8. The number of methoxy groups -OCH3 is 1. The summed E-state index contributed by atoms with van der Waals surface area (Å²) in [4.78, 5) is 11.4. The lowest BCUT2D eigenvalue weighted by molar-refractivity contribution is -0.140. The van der Waals surface area contributed by atoms with Gasteiger partial charge in [0.25, 0.3) is 0 Å². The summed E-state index contributed by atoms with van der Waals surface area (Å²) in [6.07, 6.45) is 0. The number of sulfonamides is 1. The third-order valence-electron chi connectivity index (χ3n) is 5.72. The second-order valence-corrected chi connectivity index (χ2v) is 10.3. The molecule has 0 spiro atoms. The first-order valence-corrected chi connectivity index (χ1v) is 12.8. The highest BCUT2D eigenvalue weighted by Gasteiger charge is 2.28. The molecule has 3 aromatic carbocycles. The van der Waals surface area contributed by atoms with Gasteiger partial charge in [-0.05, 0) is 53.4 Å². The van der Waals surface area contributed by atoms with Crippen LogP contribution < -0.4 is 14.2 Å². The van der Waals surface area contributed by atoms with Crippen LogP contribution in [0, 0.1) is 5.92 Å². The first kappa shape index (κ1) is 25.3. The van der Waals surface area contributed by atoms with Gasteiger partial charge in [0, 0.05) is 5.39 Å². The molecule has 0 saturated carbocycles. The molecule has 0 aliphatic rings. The Morgan fingerprint density at radius 1 is 0.972 bits per heavy atom. The number of para-hydroxylation sites is 1. The molecular formula is C27H27NO7S. The van der Waals surface area contributed by atoms with Crippen molar-refractivity contribution in [3.8, 4) is 22.6 Å². The number of benzene rings is 3. The van der Waals surface area contributed by atoms with E-state index in [0.29, 0.717) is 17.3 Å². The largest absolute Gasteiger partial charge is 0.493 e. The standard InChI is InChI=1S/C27H27NO7S/c1-17(2)26(27(29)30)28-36(31,32)22-11-8-18(9-12-22)19-10-13-24(25(15-19)33-3)34-16-21-14-20-6-4-5-7-23(20)35-21/h4-15,17,26,28H,16H2,1-3H3,(H,29,30)/t26-/m1/s1. The van der Waals surface area contributed by atoms with Gasteiger partial charge in [0.2, 0.25) is 10.0 Å². The van der Waals surface area contributed by atoms with Crippen LogP contribution in [0.2, 0.25) is 0 Å². The Morgan fingerprint density at radius 2 is 1.67 bits per heavy atom. The Bertz CT molecular complexity index is 1440. The van der Waals surface area contributed by atoms with Gasteiger partial charge >= 0.3 is 5.97 Å². The van der Waals surface area contributed by atoms with E-state index in [4.69, 9.17) is 13.9 Å². The van der Waals surface area contributed by atoms with Crippen LogP contribution >= 0.6 is 0 Å². The molecule has 8 nitrogen and oxygen atoms in total. The monoisotopic (exact) mass is 509 g/mol. The molecule has 1 aromatic heterocycles. The fraction of sp³-hybridized carbons (Fsp3) is 0.222. The van der Waals surface area contributed by atoms with Crippen molar-refractivity contribution in [3.63, 3.8) is 0 Å². The van der Waals surface area contributed by atoms with Gasteiger partial charge in [-0.1, -0.05) is 50.2 Å². The highest BCUT2D eigenvalue weighted by molar-refractivity contribution is 7.89. The SMILES string of the molecule is COc1cc(-c2ccc(S(=O)(=O)N[C@@H](C(=O)O)C(C)C)cc2)ccc1OCc1cc2ccccc2o1. The van der Waals surface area contributed by atoms with Crippen molar-refractivity contribution in [1.82, 2.24) is 4.72 Å². The number of rotatable bonds is 10. The number of carboxylic acid groups (broad SMARTS) is 1. The lowest BCUT2D eigenvalue weighted by Gasteiger charge is -2.18. The molecule has 188 valence electrons.